The van der Waals surface area contributed by atoms with E-state index in [0.717, 1.165) is 11.1 Å². The van der Waals surface area contributed by atoms with Gasteiger partial charge in [-0.2, -0.15) is 5.26 Å². The minimum Gasteiger partial charge on any atom is -0.457 e. The van der Waals surface area contributed by atoms with Crippen LogP contribution in [0.5, 0.6) is 23.0 Å². The van der Waals surface area contributed by atoms with Crippen molar-refractivity contribution in [2.45, 2.75) is 5.92 Å². The number of hydrogen-bond acceptors (Lipinski definition) is 6. The van der Waals surface area contributed by atoms with Gasteiger partial charge in [-0.25, -0.2) is 4.79 Å². The Morgan fingerprint density at radius 3 is 2.29 bits per heavy atom. The van der Waals surface area contributed by atoms with E-state index >= 15 is 0 Å². The Kier molecular flexibility index (Phi) is 5.89. The van der Waals surface area contributed by atoms with Gasteiger partial charge in [0.25, 0.3) is 0 Å². The molecule has 1 aliphatic rings. The van der Waals surface area contributed by atoms with E-state index in [4.69, 9.17) is 19.9 Å². The first kappa shape index (κ1) is 21.8. The molecule has 0 bridgehead atoms. The van der Waals surface area contributed by atoms with Crippen molar-refractivity contribution < 1.29 is 19.0 Å². The number of nitrogens with two attached hydrogens (primary N) is 1. The van der Waals surface area contributed by atoms with Gasteiger partial charge < -0.3 is 19.9 Å². The first-order valence-corrected chi connectivity index (χ1v) is 10.9. The van der Waals surface area contributed by atoms with Crippen LogP contribution in [-0.4, -0.2) is 5.97 Å². The van der Waals surface area contributed by atoms with Crippen LogP contribution in [0.1, 0.15) is 27.4 Å². The van der Waals surface area contributed by atoms with E-state index in [9.17, 15) is 10.1 Å². The van der Waals surface area contributed by atoms with Gasteiger partial charge in [0.15, 0.2) is 0 Å². The van der Waals surface area contributed by atoms with Gasteiger partial charge in [-0.1, -0.05) is 54.6 Å². The quantitative estimate of drug-likeness (QED) is 0.294. The number of esters is 1. The molecule has 1 atom stereocenters. The number of hydrogen-bond donors (Lipinski definition) is 1. The molecule has 0 fully saturated rings. The number of nitrogens with zero attached hydrogens (tertiary/aromatic N) is 1. The standard InChI is InChI=1S/C29H20N2O4/c30-18-25-27(20-10-7-13-22(16-20)33-21-11-5-2-6-12-21)24-15-14-23(17-26(24)35-28(25)31)34-29(32)19-8-3-1-4-9-19/h1-17,27H,31H2. The summed E-state index contributed by atoms with van der Waals surface area (Å²) in [5.74, 6) is 1.12. The molecular formula is C29H20N2O4. The Balaban J connectivity index is 1.48. The van der Waals surface area contributed by atoms with Crippen LogP contribution in [-0.2, 0) is 0 Å². The highest BCUT2D eigenvalue weighted by molar-refractivity contribution is 5.91. The first-order valence-electron chi connectivity index (χ1n) is 10.9. The minimum absolute atomic E-state index is 0.00548. The smallest absolute Gasteiger partial charge is 0.343 e. The lowest BCUT2D eigenvalue weighted by Crippen LogP contribution is -2.21. The molecule has 35 heavy (non-hydrogen) atoms. The highest BCUT2D eigenvalue weighted by Crippen LogP contribution is 2.44. The number of rotatable bonds is 5. The highest BCUT2D eigenvalue weighted by atomic mass is 16.5. The summed E-state index contributed by atoms with van der Waals surface area (Å²) in [5, 5.41) is 9.85. The molecule has 4 aromatic carbocycles. The number of allylic oxidation sites excluding steroid dienone is 1. The highest BCUT2D eigenvalue weighted by Gasteiger charge is 2.31. The van der Waals surface area contributed by atoms with Crippen LogP contribution >= 0.6 is 0 Å². The van der Waals surface area contributed by atoms with E-state index in [1.165, 1.54) is 0 Å². The van der Waals surface area contributed by atoms with Crippen LogP contribution in [0.2, 0.25) is 0 Å². The second-order valence-electron chi connectivity index (χ2n) is 7.87. The zero-order chi connectivity index (χ0) is 24.2. The van der Waals surface area contributed by atoms with Crippen LogP contribution in [0.3, 0.4) is 0 Å². The third-order valence-corrected chi connectivity index (χ3v) is 5.58. The Hall–Kier alpha value is -5.02. The number of nitriles is 1. The Labute approximate surface area is 202 Å². The van der Waals surface area contributed by atoms with Gasteiger partial charge in [-0.05, 0) is 48.0 Å². The minimum atomic E-state index is -0.482. The van der Waals surface area contributed by atoms with Crippen LogP contribution < -0.4 is 19.9 Å². The second-order valence-corrected chi connectivity index (χ2v) is 7.87. The Bertz CT molecular complexity index is 1460. The fourth-order valence-electron chi connectivity index (χ4n) is 3.96. The normalized spacial score (nSPS) is 14.3. The number of para-hydroxylation sites is 1. The third-order valence-electron chi connectivity index (χ3n) is 5.58. The predicted molar refractivity (Wildman–Crippen MR) is 130 cm³/mol. The molecule has 6 heteroatoms. The van der Waals surface area contributed by atoms with Crippen molar-refractivity contribution in [3.8, 4) is 29.1 Å². The van der Waals surface area contributed by atoms with Crippen molar-refractivity contribution in [1.82, 2.24) is 0 Å². The van der Waals surface area contributed by atoms with Crippen LogP contribution in [0, 0.1) is 11.3 Å². The molecule has 0 amide bonds. The van der Waals surface area contributed by atoms with Gasteiger partial charge in [-0.15, -0.1) is 0 Å². The average Bonchev–Trinajstić information content (AvgIpc) is 2.89. The summed E-state index contributed by atoms with van der Waals surface area (Å²) in [6, 6.07) is 32.9. The lowest BCUT2D eigenvalue weighted by molar-refractivity contribution is 0.0734. The van der Waals surface area contributed by atoms with Crippen molar-refractivity contribution in [2.75, 3.05) is 0 Å². The van der Waals surface area contributed by atoms with Crippen molar-refractivity contribution in [1.29, 1.82) is 5.26 Å². The molecule has 170 valence electrons. The van der Waals surface area contributed by atoms with Gasteiger partial charge in [0.1, 0.15) is 34.6 Å². The van der Waals surface area contributed by atoms with Crippen LogP contribution in [0.4, 0.5) is 0 Å². The molecule has 2 N–H and O–H groups in total. The van der Waals surface area contributed by atoms with Crippen LogP contribution in [0.25, 0.3) is 0 Å². The maximum absolute atomic E-state index is 12.5. The van der Waals surface area contributed by atoms with Crippen molar-refractivity contribution in [3.63, 3.8) is 0 Å². The number of carbonyl (C=O) groups excluding carboxylic acids is 1. The molecule has 0 aliphatic carbocycles. The summed E-state index contributed by atoms with van der Waals surface area (Å²) in [6.45, 7) is 0. The fraction of sp³-hybridized carbons (Fsp3) is 0.0345. The maximum atomic E-state index is 12.5. The fourth-order valence-corrected chi connectivity index (χ4v) is 3.96. The molecule has 0 saturated carbocycles. The predicted octanol–water partition coefficient (Wildman–Crippen LogP) is 5.92. The van der Waals surface area contributed by atoms with E-state index in [1.807, 2.05) is 60.7 Å². The lowest BCUT2D eigenvalue weighted by atomic mass is 9.83. The van der Waals surface area contributed by atoms with Crippen molar-refractivity contribution in [3.05, 3.63) is 131 Å². The molecule has 0 radical (unpaired) electrons. The topological polar surface area (TPSA) is 94.6 Å². The molecule has 5 rings (SSSR count). The third kappa shape index (κ3) is 4.56. The van der Waals surface area contributed by atoms with Gasteiger partial charge in [0, 0.05) is 11.6 Å². The van der Waals surface area contributed by atoms with Crippen molar-refractivity contribution in [2.24, 2.45) is 5.73 Å². The van der Waals surface area contributed by atoms with Gasteiger partial charge in [0.05, 0.1) is 11.5 Å². The second kappa shape index (κ2) is 9.46. The molecule has 6 nitrogen and oxygen atoms in total. The van der Waals surface area contributed by atoms with E-state index in [2.05, 4.69) is 6.07 Å². The summed E-state index contributed by atoms with van der Waals surface area (Å²) >= 11 is 0. The molecule has 0 spiro atoms. The summed E-state index contributed by atoms with van der Waals surface area (Å²) in [4.78, 5) is 12.5. The molecule has 1 aliphatic heterocycles. The summed E-state index contributed by atoms with van der Waals surface area (Å²) in [5.41, 5.74) is 8.41. The summed E-state index contributed by atoms with van der Waals surface area (Å²) < 4.78 is 17.3. The molecule has 4 aromatic rings. The number of carbonyl (C=O) groups is 1. The number of ether oxygens (including phenoxy) is 3. The summed E-state index contributed by atoms with van der Waals surface area (Å²) in [6.07, 6.45) is 0. The average molecular weight is 460 g/mol. The molecule has 0 aromatic heterocycles. The lowest BCUT2D eigenvalue weighted by Gasteiger charge is -2.27. The molecule has 1 unspecified atom stereocenters. The van der Waals surface area contributed by atoms with Gasteiger partial charge in [-0.3, -0.25) is 0 Å². The SMILES string of the molecule is N#CC1=C(N)Oc2cc(OC(=O)c3ccccc3)ccc2C1c1cccc(Oc2ccccc2)c1. The van der Waals surface area contributed by atoms with Gasteiger partial charge in [0.2, 0.25) is 5.88 Å². The zero-order valence-corrected chi connectivity index (χ0v) is 18.5. The summed E-state index contributed by atoms with van der Waals surface area (Å²) in [7, 11) is 0. The monoisotopic (exact) mass is 460 g/mol. The van der Waals surface area contributed by atoms with Crippen LogP contribution in [0.15, 0.2) is 115 Å². The maximum Gasteiger partial charge on any atom is 0.343 e. The Morgan fingerprint density at radius 1 is 0.829 bits per heavy atom. The largest absolute Gasteiger partial charge is 0.457 e. The number of benzene rings is 4. The number of fused-ring (bicyclic) bond motifs is 1. The first-order chi connectivity index (χ1) is 17.1. The zero-order valence-electron chi connectivity index (χ0n) is 18.5. The molecule has 1 heterocycles. The molecule has 0 saturated heterocycles. The van der Waals surface area contributed by atoms with E-state index in [0.29, 0.717) is 34.1 Å². The molecular weight excluding hydrogens is 440 g/mol. The van der Waals surface area contributed by atoms with E-state index < -0.39 is 11.9 Å². The van der Waals surface area contributed by atoms with E-state index in [1.54, 1.807) is 42.5 Å². The Morgan fingerprint density at radius 2 is 1.54 bits per heavy atom. The van der Waals surface area contributed by atoms with E-state index in [-0.39, 0.29) is 5.88 Å². The van der Waals surface area contributed by atoms with Crippen molar-refractivity contribution >= 4 is 5.97 Å². The van der Waals surface area contributed by atoms with Gasteiger partial charge >= 0.3 is 5.97 Å².